The van der Waals surface area contributed by atoms with Crippen molar-refractivity contribution in [2.45, 2.75) is 25.7 Å². The fraction of sp³-hybridized carbons (Fsp3) is 0.333. The zero-order valence-electron chi connectivity index (χ0n) is 11.9. The van der Waals surface area contributed by atoms with Crippen LogP contribution in [0.25, 0.3) is 5.69 Å². The molecule has 1 aromatic heterocycles. The summed E-state index contributed by atoms with van der Waals surface area (Å²) in [6, 6.07) is 5.46. The molecule has 1 aliphatic carbocycles. The number of amidine groups is 1. The second-order valence-electron chi connectivity index (χ2n) is 5.08. The zero-order chi connectivity index (χ0) is 14.8. The van der Waals surface area contributed by atoms with E-state index in [1.54, 1.807) is 25.6 Å². The number of imidazole rings is 1. The molecule has 0 spiro atoms. The van der Waals surface area contributed by atoms with Crippen LogP contribution in [0.1, 0.15) is 29.8 Å². The van der Waals surface area contributed by atoms with E-state index >= 15 is 0 Å². The van der Waals surface area contributed by atoms with Crippen molar-refractivity contribution in [3.05, 3.63) is 41.5 Å². The number of benzene rings is 1. The average Bonchev–Trinajstić information content (AvgIpc) is 2.97. The minimum atomic E-state index is 0.0749. The lowest BCUT2D eigenvalue weighted by atomic mass is 10.0. The summed E-state index contributed by atoms with van der Waals surface area (Å²) >= 11 is 0. The first-order chi connectivity index (χ1) is 10.2. The van der Waals surface area contributed by atoms with Crippen LogP contribution in [0.15, 0.2) is 29.7 Å². The predicted octanol–water partition coefficient (Wildman–Crippen LogP) is 1.85. The monoisotopic (exact) mass is 286 g/mol. The maximum absolute atomic E-state index is 8.98. The maximum Gasteiger partial charge on any atom is 0.172 e. The summed E-state index contributed by atoms with van der Waals surface area (Å²) in [5.74, 6) is 0.795. The highest BCUT2D eigenvalue weighted by atomic mass is 16.5. The summed E-state index contributed by atoms with van der Waals surface area (Å²) in [7, 11) is 1.62. The van der Waals surface area contributed by atoms with Gasteiger partial charge in [-0.15, -0.1) is 0 Å². The summed E-state index contributed by atoms with van der Waals surface area (Å²) in [4.78, 5) is 4.49. The fourth-order valence-corrected chi connectivity index (χ4v) is 2.78. The molecular weight excluding hydrogens is 268 g/mol. The summed E-state index contributed by atoms with van der Waals surface area (Å²) in [6.07, 6.45) is 6.13. The Kier molecular flexibility index (Phi) is 3.51. The Labute approximate surface area is 122 Å². The second kappa shape index (κ2) is 5.47. The van der Waals surface area contributed by atoms with Crippen molar-refractivity contribution in [1.82, 2.24) is 9.55 Å². The molecule has 0 fully saturated rings. The molecule has 3 N–H and O–H groups in total. The summed E-state index contributed by atoms with van der Waals surface area (Å²) in [6.45, 7) is 0. The molecule has 6 nitrogen and oxygen atoms in total. The average molecular weight is 286 g/mol. The van der Waals surface area contributed by atoms with Crippen molar-refractivity contribution in [1.29, 1.82) is 0 Å². The van der Waals surface area contributed by atoms with Gasteiger partial charge in [-0.1, -0.05) is 5.16 Å². The highest BCUT2D eigenvalue weighted by Gasteiger charge is 2.19. The number of methoxy groups -OCH3 is 1. The number of hydrogen-bond donors (Lipinski definition) is 2. The van der Waals surface area contributed by atoms with Crippen LogP contribution in [0.2, 0.25) is 0 Å². The SMILES string of the molecule is COc1ccc(/C(N)=N/O)c(-n2cnc3c2CCCC3)c1. The molecule has 1 aliphatic rings. The third-order valence-corrected chi connectivity index (χ3v) is 3.88. The lowest BCUT2D eigenvalue weighted by Crippen LogP contribution is -2.17. The highest BCUT2D eigenvalue weighted by Crippen LogP contribution is 2.27. The van der Waals surface area contributed by atoms with E-state index in [1.165, 1.54) is 12.1 Å². The minimum absolute atomic E-state index is 0.0749. The van der Waals surface area contributed by atoms with Crippen LogP contribution < -0.4 is 10.5 Å². The molecule has 2 aromatic rings. The van der Waals surface area contributed by atoms with Gasteiger partial charge in [0.2, 0.25) is 0 Å². The molecule has 1 aromatic carbocycles. The first kappa shape index (κ1) is 13.5. The lowest BCUT2D eigenvalue weighted by Gasteiger charge is -2.17. The van der Waals surface area contributed by atoms with Gasteiger partial charge >= 0.3 is 0 Å². The summed E-state index contributed by atoms with van der Waals surface area (Å²) in [5, 5.41) is 12.1. The van der Waals surface area contributed by atoms with Gasteiger partial charge in [-0.2, -0.15) is 0 Å². The van der Waals surface area contributed by atoms with E-state index in [-0.39, 0.29) is 5.84 Å². The number of oxime groups is 1. The zero-order valence-corrected chi connectivity index (χ0v) is 11.9. The van der Waals surface area contributed by atoms with Crippen LogP contribution in [-0.4, -0.2) is 27.7 Å². The molecule has 21 heavy (non-hydrogen) atoms. The quantitative estimate of drug-likeness (QED) is 0.390. The molecule has 110 valence electrons. The van der Waals surface area contributed by atoms with Crippen LogP contribution in [0, 0.1) is 0 Å². The number of nitrogens with two attached hydrogens (primary N) is 1. The van der Waals surface area contributed by atoms with Crippen LogP contribution in [0.4, 0.5) is 0 Å². The molecule has 0 radical (unpaired) electrons. The normalized spacial score (nSPS) is 14.8. The van der Waals surface area contributed by atoms with Gasteiger partial charge < -0.3 is 20.2 Å². The standard InChI is InChI=1S/C15H18N4O2/c1-21-10-6-7-11(15(16)18-20)14(8-10)19-9-17-12-4-2-3-5-13(12)19/h6-9,20H,2-5H2,1H3,(H2,16,18). The van der Waals surface area contributed by atoms with E-state index in [2.05, 4.69) is 10.1 Å². The molecule has 0 saturated heterocycles. The summed E-state index contributed by atoms with van der Waals surface area (Å²) in [5.41, 5.74) is 9.60. The molecule has 1 heterocycles. The third-order valence-electron chi connectivity index (χ3n) is 3.88. The van der Waals surface area contributed by atoms with E-state index in [1.807, 2.05) is 10.6 Å². The molecular formula is C15H18N4O2. The predicted molar refractivity (Wildman–Crippen MR) is 79.3 cm³/mol. The van der Waals surface area contributed by atoms with E-state index in [0.717, 1.165) is 36.4 Å². The van der Waals surface area contributed by atoms with Crippen LogP contribution in [-0.2, 0) is 12.8 Å². The van der Waals surface area contributed by atoms with E-state index in [0.29, 0.717) is 5.56 Å². The first-order valence-electron chi connectivity index (χ1n) is 6.96. The molecule has 3 rings (SSSR count). The van der Waals surface area contributed by atoms with Crippen molar-refractivity contribution >= 4 is 5.84 Å². The van der Waals surface area contributed by atoms with Gasteiger partial charge in [0.05, 0.1) is 24.8 Å². The number of aryl methyl sites for hydroxylation is 1. The van der Waals surface area contributed by atoms with Crippen LogP contribution in [0.3, 0.4) is 0 Å². The van der Waals surface area contributed by atoms with E-state index in [4.69, 9.17) is 15.7 Å². The van der Waals surface area contributed by atoms with Gasteiger partial charge in [0.25, 0.3) is 0 Å². The minimum Gasteiger partial charge on any atom is -0.497 e. The number of rotatable bonds is 3. The van der Waals surface area contributed by atoms with E-state index in [9.17, 15) is 0 Å². The molecule has 0 saturated carbocycles. The van der Waals surface area contributed by atoms with Crippen molar-refractivity contribution in [3.63, 3.8) is 0 Å². The Morgan fingerprint density at radius 2 is 2.19 bits per heavy atom. The molecule has 0 unspecified atom stereocenters. The third kappa shape index (κ3) is 2.33. The number of fused-ring (bicyclic) bond motifs is 1. The maximum atomic E-state index is 8.98. The van der Waals surface area contributed by atoms with Crippen LogP contribution in [0.5, 0.6) is 5.75 Å². The smallest absolute Gasteiger partial charge is 0.172 e. The molecule has 0 aliphatic heterocycles. The number of nitrogens with zero attached hydrogens (tertiary/aromatic N) is 3. The Hall–Kier alpha value is -2.50. The Morgan fingerprint density at radius 3 is 2.95 bits per heavy atom. The van der Waals surface area contributed by atoms with Gasteiger partial charge in [0.15, 0.2) is 5.84 Å². The van der Waals surface area contributed by atoms with E-state index < -0.39 is 0 Å². The van der Waals surface area contributed by atoms with Gasteiger partial charge in [-0.25, -0.2) is 4.98 Å². The first-order valence-corrected chi connectivity index (χ1v) is 6.96. The Morgan fingerprint density at radius 1 is 1.38 bits per heavy atom. The van der Waals surface area contributed by atoms with Crippen LogP contribution >= 0.6 is 0 Å². The Balaban J connectivity index is 2.18. The molecule has 6 heteroatoms. The number of ether oxygens (including phenoxy) is 1. The summed E-state index contributed by atoms with van der Waals surface area (Å²) < 4.78 is 7.31. The Bertz CT molecular complexity index is 691. The molecule has 0 atom stereocenters. The van der Waals surface area contributed by atoms with Gasteiger partial charge in [0.1, 0.15) is 5.75 Å². The molecule has 0 bridgehead atoms. The van der Waals surface area contributed by atoms with Gasteiger partial charge in [0, 0.05) is 17.3 Å². The van der Waals surface area contributed by atoms with Crippen molar-refractivity contribution in [2.24, 2.45) is 10.9 Å². The van der Waals surface area contributed by atoms with Crippen molar-refractivity contribution in [3.8, 4) is 11.4 Å². The van der Waals surface area contributed by atoms with Crippen molar-refractivity contribution in [2.75, 3.05) is 7.11 Å². The lowest BCUT2D eigenvalue weighted by molar-refractivity contribution is 0.318. The van der Waals surface area contributed by atoms with Gasteiger partial charge in [-0.05, 0) is 37.8 Å². The number of aromatic nitrogens is 2. The highest BCUT2D eigenvalue weighted by molar-refractivity contribution is 6.00. The topological polar surface area (TPSA) is 85.7 Å². The molecule has 0 amide bonds. The fourth-order valence-electron chi connectivity index (χ4n) is 2.78. The van der Waals surface area contributed by atoms with Crippen molar-refractivity contribution < 1.29 is 9.94 Å². The number of hydrogen-bond acceptors (Lipinski definition) is 4. The largest absolute Gasteiger partial charge is 0.497 e. The van der Waals surface area contributed by atoms with Gasteiger partial charge in [-0.3, -0.25) is 0 Å². The second-order valence-corrected chi connectivity index (χ2v) is 5.08.